The third-order valence-corrected chi connectivity index (χ3v) is 2.00. The molecule has 0 aromatic carbocycles. The molecule has 2 aromatic rings. The van der Waals surface area contributed by atoms with Crippen molar-refractivity contribution in [3.8, 4) is 17.5 Å². The van der Waals surface area contributed by atoms with Crippen molar-refractivity contribution in [3.05, 3.63) is 35.7 Å². The van der Waals surface area contributed by atoms with Gasteiger partial charge in [0.05, 0.1) is 17.6 Å². The first kappa shape index (κ1) is 10.2. The maximum atomic E-state index is 8.80. The van der Waals surface area contributed by atoms with Crippen LogP contribution in [0.5, 0.6) is 0 Å². The van der Waals surface area contributed by atoms with Crippen LogP contribution >= 0.6 is 0 Å². The predicted molar refractivity (Wildman–Crippen MR) is 57.2 cm³/mol. The van der Waals surface area contributed by atoms with Crippen LogP contribution in [0.4, 0.5) is 0 Å². The van der Waals surface area contributed by atoms with Gasteiger partial charge < -0.3 is 0 Å². The first-order valence-electron chi connectivity index (χ1n) is 4.74. The molecule has 0 aliphatic rings. The van der Waals surface area contributed by atoms with E-state index in [0.29, 0.717) is 22.9 Å². The third kappa shape index (κ3) is 2.01. The maximum Gasteiger partial charge on any atom is 0.144 e. The highest BCUT2D eigenvalue weighted by Gasteiger charge is 2.05. The average molecular weight is 211 g/mol. The Morgan fingerprint density at radius 1 is 1.06 bits per heavy atom. The number of nitrogens with zero attached hydrogens (tertiary/aromatic N) is 5. The summed E-state index contributed by atoms with van der Waals surface area (Å²) in [5.41, 5.74) is 2.45. The Morgan fingerprint density at radius 3 is 2.50 bits per heavy atom. The van der Waals surface area contributed by atoms with Gasteiger partial charge in [0.1, 0.15) is 23.3 Å². The quantitative estimate of drug-likeness (QED) is 0.713. The zero-order valence-electron chi connectivity index (χ0n) is 8.97. The largest absolute Gasteiger partial charge is 0.258 e. The predicted octanol–water partition coefficient (Wildman–Crippen LogP) is 1.42. The van der Waals surface area contributed by atoms with Gasteiger partial charge in [-0.1, -0.05) is 0 Å². The lowest BCUT2D eigenvalue weighted by Crippen LogP contribution is -1.96. The van der Waals surface area contributed by atoms with Crippen molar-refractivity contribution in [2.24, 2.45) is 0 Å². The molecule has 0 aliphatic carbocycles. The Labute approximate surface area is 92.9 Å². The number of hydrogen-bond acceptors (Lipinski definition) is 5. The normalized spacial score (nSPS) is 9.81. The van der Waals surface area contributed by atoms with Crippen molar-refractivity contribution in [1.29, 1.82) is 5.26 Å². The molecule has 0 amide bonds. The molecule has 0 bridgehead atoms. The van der Waals surface area contributed by atoms with Gasteiger partial charge in [0.15, 0.2) is 0 Å². The van der Waals surface area contributed by atoms with Crippen LogP contribution in [0.15, 0.2) is 18.5 Å². The lowest BCUT2D eigenvalue weighted by molar-refractivity contribution is 1.02. The monoisotopic (exact) mass is 211 g/mol. The summed E-state index contributed by atoms with van der Waals surface area (Å²) in [4.78, 5) is 16.5. The molecule has 0 N–H and O–H groups in total. The van der Waals surface area contributed by atoms with Gasteiger partial charge in [0.2, 0.25) is 0 Å². The summed E-state index contributed by atoms with van der Waals surface area (Å²) in [6, 6.07) is 3.59. The van der Waals surface area contributed by atoms with Gasteiger partial charge in [0.25, 0.3) is 0 Å². The SMILES string of the molecule is Cc1cnc(-c2cc(C#N)nc(C)n2)cn1. The standard InChI is InChI=1S/C11H9N5/c1-7-5-14-11(6-13-7)10-3-9(4-12)15-8(2)16-10/h3,5-6H,1-2H3. The molecule has 0 radical (unpaired) electrons. The zero-order chi connectivity index (χ0) is 11.5. The first-order chi connectivity index (χ1) is 7.69. The fourth-order valence-electron chi connectivity index (χ4n) is 1.28. The summed E-state index contributed by atoms with van der Waals surface area (Å²) in [6.07, 6.45) is 3.30. The Morgan fingerprint density at radius 2 is 1.88 bits per heavy atom. The Hall–Kier alpha value is -2.35. The van der Waals surface area contributed by atoms with E-state index in [0.717, 1.165) is 5.69 Å². The minimum Gasteiger partial charge on any atom is -0.258 e. The Bertz CT molecular complexity index is 554. The van der Waals surface area contributed by atoms with Crippen LogP contribution in [0.1, 0.15) is 17.2 Å². The lowest BCUT2D eigenvalue weighted by atomic mass is 10.2. The fourth-order valence-corrected chi connectivity index (χ4v) is 1.28. The molecule has 0 fully saturated rings. The second kappa shape index (κ2) is 4.03. The summed E-state index contributed by atoms with van der Waals surface area (Å²) >= 11 is 0. The van der Waals surface area contributed by atoms with Gasteiger partial charge >= 0.3 is 0 Å². The van der Waals surface area contributed by atoms with E-state index in [1.165, 1.54) is 0 Å². The molecule has 5 heteroatoms. The van der Waals surface area contributed by atoms with Crippen molar-refractivity contribution in [2.75, 3.05) is 0 Å². The minimum absolute atomic E-state index is 0.338. The molecule has 0 spiro atoms. The smallest absolute Gasteiger partial charge is 0.144 e. The molecule has 0 saturated carbocycles. The average Bonchev–Trinajstić information content (AvgIpc) is 2.29. The summed E-state index contributed by atoms with van der Waals surface area (Å²) in [5, 5.41) is 8.80. The number of nitriles is 1. The highest BCUT2D eigenvalue weighted by atomic mass is 14.9. The Balaban J connectivity index is 2.52. The molecule has 2 rings (SSSR count). The molecule has 5 nitrogen and oxygen atoms in total. The molecular formula is C11H9N5. The second-order valence-electron chi connectivity index (χ2n) is 3.34. The maximum absolute atomic E-state index is 8.80. The van der Waals surface area contributed by atoms with Crippen LogP contribution in [0.3, 0.4) is 0 Å². The van der Waals surface area contributed by atoms with Crippen molar-refractivity contribution >= 4 is 0 Å². The summed E-state index contributed by atoms with van der Waals surface area (Å²) < 4.78 is 0. The van der Waals surface area contributed by atoms with Crippen LogP contribution in [0.25, 0.3) is 11.4 Å². The van der Waals surface area contributed by atoms with Crippen molar-refractivity contribution in [3.63, 3.8) is 0 Å². The van der Waals surface area contributed by atoms with Crippen LogP contribution in [0.2, 0.25) is 0 Å². The highest BCUT2D eigenvalue weighted by molar-refractivity contribution is 5.54. The molecule has 78 valence electrons. The summed E-state index contributed by atoms with van der Waals surface area (Å²) in [5.74, 6) is 0.552. The van der Waals surface area contributed by atoms with Gasteiger partial charge in [-0.2, -0.15) is 5.26 Å². The summed E-state index contributed by atoms with van der Waals surface area (Å²) in [7, 11) is 0. The van der Waals surface area contributed by atoms with Gasteiger partial charge in [-0.25, -0.2) is 9.97 Å². The van der Waals surface area contributed by atoms with Crippen LogP contribution in [-0.4, -0.2) is 19.9 Å². The molecule has 16 heavy (non-hydrogen) atoms. The van der Waals surface area contributed by atoms with E-state index in [1.807, 2.05) is 13.0 Å². The van der Waals surface area contributed by atoms with E-state index in [-0.39, 0.29) is 0 Å². The molecular weight excluding hydrogens is 202 g/mol. The van der Waals surface area contributed by atoms with Crippen LogP contribution in [0, 0.1) is 25.2 Å². The van der Waals surface area contributed by atoms with Gasteiger partial charge in [-0.3, -0.25) is 9.97 Å². The van der Waals surface area contributed by atoms with Gasteiger partial charge in [0, 0.05) is 12.3 Å². The number of aryl methyl sites for hydroxylation is 2. The lowest BCUT2D eigenvalue weighted by Gasteiger charge is -2.01. The second-order valence-corrected chi connectivity index (χ2v) is 3.34. The van der Waals surface area contributed by atoms with E-state index in [9.17, 15) is 0 Å². The molecule has 2 heterocycles. The van der Waals surface area contributed by atoms with Gasteiger partial charge in [-0.05, 0) is 13.8 Å². The van der Waals surface area contributed by atoms with E-state index in [1.54, 1.807) is 25.4 Å². The topological polar surface area (TPSA) is 75.3 Å². The molecule has 0 unspecified atom stereocenters. The number of hydrogen-bond donors (Lipinski definition) is 0. The van der Waals surface area contributed by atoms with E-state index in [4.69, 9.17) is 5.26 Å². The van der Waals surface area contributed by atoms with Crippen LogP contribution < -0.4 is 0 Å². The zero-order valence-corrected chi connectivity index (χ0v) is 8.97. The molecule has 0 atom stereocenters. The van der Waals surface area contributed by atoms with E-state index >= 15 is 0 Å². The van der Waals surface area contributed by atoms with Crippen molar-refractivity contribution < 1.29 is 0 Å². The fraction of sp³-hybridized carbons (Fsp3) is 0.182. The van der Waals surface area contributed by atoms with Crippen molar-refractivity contribution in [1.82, 2.24) is 19.9 Å². The number of aromatic nitrogens is 4. The third-order valence-electron chi connectivity index (χ3n) is 2.00. The van der Waals surface area contributed by atoms with E-state index in [2.05, 4.69) is 19.9 Å². The highest BCUT2D eigenvalue weighted by Crippen LogP contribution is 2.13. The van der Waals surface area contributed by atoms with Crippen LogP contribution in [-0.2, 0) is 0 Å². The van der Waals surface area contributed by atoms with Gasteiger partial charge in [-0.15, -0.1) is 0 Å². The summed E-state index contributed by atoms with van der Waals surface area (Å²) in [6.45, 7) is 3.61. The Kier molecular flexibility index (Phi) is 2.56. The van der Waals surface area contributed by atoms with E-state index < -0.39 is 0 Å². The minimum atomic E-state index is 0.338. The molecule has 0 saturated heterocycles. The number of rotatable bonds is 1. The van der Waals surface area contributed by atoms with Crippen molar-refractivity contribution in [2.45, 2.75) is 13.8 Å². The first-order valence-corrected chi connectivity index (χ1v) is 4.74. The molecule has 0 aliphatic heterocycles. The molecule has 2 aromatic heterocycles.